The second-order valence-corrected chi connectivity index (χ2v) is 7.04. The predicted octanol–water partition coefficient (Wildman–Crippen LogP) is 1.87. The van der Waals surface area contributed by atoms with Crippen molar-refractivity contribution >= 4 is 31.9 Å². The van der Waals surface area contributed by atoms with Crippen molar-refractivity contribution in [2.75, 3.05) is 6.54 Å². The van der Waals surface area contributed by atoms with Crippen LogP contribution in [-0.2, 0) is 10.0 Å². The first-order valence-corrected chi connectivity index (χ1v) is 8.16. The predicted molar refractivity (Wildman–Crippen MR) is 77.3 cm³/mol. The second kappa shape index (κ2) is 6.49. The van der Waals surface area contributed by atoms with Gasteiger partial charge in [0.15, 0.2) is 0 Å². The first-order valence-electron chi connectivity index (χ1n) is 5.82. The molecule has 1 amide bonds. The van der Waals surface area contributed by atoms with Gasteiger partial charge in [-0.25, -0.2) is 13.6 Å². The Morgan fingerprint density at radius 1 is 1.42 bits per heavy atom. The third-order valence-electron chi connectivity index (χ3n) is 2.52. The molecule has 19 heavy (non-hydrogen) atoms. The highest BCUT2D eigenvalue weighted by Crippen LogP contribution is 2.20. The third-order valence-corrected chi connectivity index (χ3v) is 4.12. The van der Waals surface area contributed by atoms with Gasteiger partial charge in [-0.2, -0.15) is 0 Å². The zero-order valence-electron chi connectivity index (χ0n) is 10.8. The molecule has 0 atom stereocenters. The molecule has 0 fully saturated rings. The highest BCUT2D eigenvalue weighted by atomic mass is 79.9. The zero-order valence-corrected chi connectivity index (χ0v) is 13.2. The molecule has 0 bridgehead atoms. The van der Waals surface area contributed by atoms with Gasteiger partial charge in [0, 0.05) is 11.0 Å². The largest absolute Gasteiger partial charge is 0.352 e. The lowest BCUT2D eigenvalue weighted by Gasteiger charge is -2.09. The van der Waals surface area contributed by atoms with Crippen molar-refractivity contribution in [3.63, 3.8) is 0 Å². The smallest absolute Gasteiger partial charge is 0.252 e. The van der Waals surface area contributed by atoms with Gasteiger partial charge >= 0.3 is 0 Å². The van der Waals surface area contributed by atoms with Crippen molar-refractivity contribution < 1.29 is 13.2 Å². The van der Waals surface area contributed by atoms with E-state index in [9.17, 15) is 13.2 Å². The Labute approximate surface area is 121 Å². The Morgan fingerprint density at radius 2 is 2.05 bits per heavy atom. The number of carbonyl (C=O) groups excluding carboxylic acids is 1. The van der Waals surface area contributed by atoms with E-state index < -0.39 is 10.0 Å². The maximum absolute atomic E-state index is 11.9. The fraction of sp³-hybridized carbons (Fsp3) is 0.417. The molecule has 106 valence electrons. The first-order chi connectivity index (χ1) is 8.71. The lowest BCUT2D eigenvalue weighted by Crippen LogP contribution is -2.26. The van der Waals surface area contributed by atoms with Gasteiger partial charge in [0.25, 0.3) is 5.91 Å². The summed E-state index contributed by atoms with van der Waals surface area (Å²) in [6, 6.07) is 4.12. The lowest BCUT2D eigenvalue weighted by atomic mass is 10.1. The molecule has 3 N–H and O–H groups in total. The number of carbonyl (C=O) groups is 1. The van der Waals surface area contributed by atoms with Crippen molar-refractivity contribution in [2.24, 2.45) is 11.1 Å². The summed E-state index contributed by atoms with van der Waals surface area (Å²) in [5, 5.41) is 7.79. The number of nitrogens with one attached hydrogen (secondary N) is 1. The fourth-order valence-electron chi connectivity index (χ4n) is 1.42. The van der Waals surface area contributed by atoms with E-state index in [1.54, 1.807) is 0 Å². The summed E-state index contributed by atoms with van der Waals surface area (Å²) in [7, 11) is -3.81. The Morgan fingerprint density at radius 3 is 2.58 bits per heavy atom. The van der Waals surface area contributed by atoms with Crippen LogP contribution in [0.15, 0.2) is 27.6 Å². The topological polar surface area (TPSA) is 89.3 Å². The number of hydrogen-bond acceptors (Lipinski definition) is 3. The van der Waals surface area contributed by atoms with Gasteiger partial charge in [0.1, 0.15) is 0 Å². The molecule has 1 aromatic carbocycles. The maximum Gasteiger partial charge on any atom is 0.252 e. The van der Waals surface area contributed by atoms with Gasteiger partial charge in [0.05, 0.1) is 10.5 Å². The minimum Gasteiger partial charge on any atom is -0.352 e. The summed E-state index contributed by atoms with van der Waals surface area (Å²) in [6.07, 6.45) is 0.859. The van der Waals surface area contributed by atoms with Crippen molar-refractivity contribution in [3.05, 3.63) is 28.2 Å². The number of primary sulfonamides is 1. The molecule has 0 saturated carbocycles. The monoisotopic (exact) mass is 348 g/mol. The van der Waals surface area contributed by atoms with E-state index in [-0.39, 0.29) is 16.4 Å². The molecule has 0 radical (unpaired) electrons. The number of amides is 1. The van der Waals surface area contributed by atoms with Crippen molar-refractivity contribution in [1.29, 1.82) is 0 Å². The van der Waals surface area contributed by atoms with Crippen LogP contribution in [-0.4, -0.2) is 20.9 Å². The summed E-state index contributed by atoms with van der Waals surface area (Å²) in [6.45, 7) is 4.66. The molecule has 0 saturated heterocycles. The van der Waals surface area contributed by atoms with Crippen LogP contribution in [0.3, 0.4) is 0 Å². The Bertz CT molecular complexity index is 570. The van der Waals surface area contributed by atoms with Crippen LogP contribution in [0.1, 0.15) is 30.6 Å². The van der Waals surface area contributed by atoms with E-state index in [0.29, 0.717) is 16.9 Å². The average Bonchev–Trinajstić information content (AvgIpc) is 2.27. The van der Waals surface area contributed by atoms with E-state index in [1.165, 1.54) is 18.2 Å². The molecule has 0 aromatic heterocycles. The second-order valence-electron chi connectivity index (χ2n) is 4.63. The number of halogens is 1. The van der Waals surface area contributed by atoms with Gasteiger partial charge in [-0.1, -0.05) is 13.8 Å². The minimum atomic E-state index is -3.81. The normalized spacial score (nSPS) is 11.6. The molecular formula is C12H17BrN2O3S. The summed E-state index contributed by atoms with van der Waals surface area (Å²) < 4.78 is 23.0. The Kier molecular flexibility index (Phi) is 5.51. The van der Waals surface area contributed by atoms with E-state index in [2.05, 4.69) is 35.1 Å². The van der Waals surface area contributed by atoms with Gasteiger partial charge in [-0.05, 0) is 46.5 Å². The van der Waals surface area contributed by atoms with Crippen LogP contribution in [0.25, 0.3) is 0 Å². The molecule has 7 heteroatoms. The Balaban J connectivity index is 2.90. The highest BCUT2D eigenvalue weighted by molar-refractivity contribution is 9.10. The summed E-state index contributed by atoms with van der Waals surface area (Å²) in [5.41, 5.74) is 0.260. The number of nitrogens with two attached hydrogens (primary N) is 1. The standard InChI is InChI=1S/C12H17BrN2O3S/c1-8(2)5-6-15-12(16)10-7-9(19(14,17)18)3-4-11(10)13/h3-4,7-8H,5-6H2,1-2H3,(H,15,16)(H2,14,17,18). The van der Waals surface area contributed by atoms with Crippen molar-refractivity contribution in [2.45, 2.75) is 25.2 Å². The summed E-state index contributed by atoms with van der Waals surface area (Å²) in [5.74, 6) is 0.164. The van der Waals surface area contributed by atoms with Gasteiger partial charge < -0.3 is 5.32 Å². The maximum atomic E-state index is 11.9. The van der Waals surface area contributed by atoms with E-state index in [4.69, 9.17) is 5.14 Å². The van der Waals surface area contributed by atoms with Crippen LogP contribution < -0.4 is 10.5 Å². The molecule has 0 aliphatic carbocycles. The van der Waals surface area contributed by atoms with Crippen LogP contribution in [0.2, 0.25) is 0 Å². The van der Waals surface area contributed by atoms with Gasteiger partial charge in [0.2, 0.25) is 10.0 Å². The molecule has 0 spiro atoms. The van der Waals surface area contributed by atoms with Crippen LogP contribution >= 0.6 is 15.9 Å². The van der Waals surface area contributed by atoms with Crippen LogP contribution in [0.5, 0.6) is 0 Å². The van der Waals surface area contributed by atoms with Gasteiger partial charge in [-0.3, -0.25) is 4.79 Å². The molecule has 0 unspecified atom stereocenters. The highest BCUT2D eigenvalue weighted by Gasteiger charge is 2.15. The molecule has 1 rings (SSSR count). The molecule has 0 aliphatic rings. The van der Waals surface area contributed by atoms with Crippen molar-refractivity contribution in [1.82, 2.24) is 5.32 Å². The van der Waals surface area contributed by atoms with E-state index in [1.807, 2.05) is 0 Å². The van der Waals surface area contributed by atoms with Crippen LogP contribution in [0.4, 0.5) is 0 Å². The number of hydrogen-bond donors (Lipinski definition) is 2. The molecule has 5 nitrogen and oxygen atoms in total. The lowest BCUT2D eigenvalue weighted by molar-refractivity contribution is 0.0951. The van der Waals surface area contributed by atoms with Crippen LogP contribution in [0, 0.1) is 5.92 Å². The summed E-state index contributed by atoms with van der Waals surface area (Å²) in [4.78, 5) is 11.9. The third kappa shape index (κ3) is 4.93. The number of benzene rings is 1. The SMILES string of the molecule is CC(C)CCNC(=O)c1cc(S(N)(=O)=O)ccc1Br. The fourth-order valence-corrected chi connectivity index (χ4v) is 2.39. The van der Waals surface area contributed by atoms with Gasteiger partial charge in [-0.15, -0.1) is 0 Å². The van der Waals surface area contributed by atoms with Crippen molar-refractivity contribution in [3.8, 4) is 0 Å². The molecular weight excluding hydrogens is 332 g/mol. The number of sulfonamides is 1. The number of rotatable bonds is 5. The first kappa shape index (κ1) is 16.1. The molecule has 0 heterocycles. The van der Waals surface area contributed by atoms with E-state index in [0.717, 1.165) is 6.42 Å². The minimum absolute atomic E-state index is 0.0790. The average molecular weight is 349 g/mol. The molecule has 0 aliphatic heterocycles. The zero-order chi connectivity index (χ0) is 14.6. The van der Waals surface area contributed by atoms with E-state index >= 15 is 0 Å². The Hall–Kier alpha value is -0.920. The summed E-state index contributed by atoms with van der Waals surface area (Å²) >= 11 is 3.22. The quantitative estimate of drug-likeness (QED) is 0.850. The molecule has 1 aromatic rings.